The Bertz CT molecular complexity index is 652. The number of rotatable bonds is 2. The Kier molecular flexibility index (Phi) is 5.40. The number of thioether (sulfide) groups is 1. The summed E-state index contributed by atoms with van der Waals surface area (Å²) in [5.74, 6) is 0.680. The van der Waals surface area contributed by atoms with Crippen molar-refractivity contribution in [1.82, 2.24) is 14.6 Å². The van der Waals surface area contributed by atoms with Crippen molar-refractivity contribution in [2.24, 2.45) is 0 Å². The summed E-state index contributed by atoms with van der Waals surface area (Å²) in [5.41, 5.74) is 9.16. The minimum atomic E-state index is 0.317. The normalized spacial score (nSPS) is 10.3. The van der Waals surface area contributed by atoms with Gasteiger partial charge >= 0.3 is 0 Å². The Labute approximate surface area is 124 Å². The van der Waals surface area contributed by atoms with Gasteiger partial charge in [-0.15, -0.1) is 11.8 Å². The molecule has 0 saturated carbocycles. The summed E-state index contributed by atoms with van der Waals surface area (Å²) >= 11 is 1.42. The van der Waals surface area contributed by atoms with Crippen LogP contribution in [-0.2, 0) is 0 Å². The van der Waals surface area contributed by atoms with E-state index < -0.39 is 0 Å². The van der Waals surface area contributed by atoms with E-state index >= 15 is 0 Å². The van der Waals surface area contributed by atoms with Crippen molar-refractivity contribution in [3.8, 4) is 6.07 Å². The topological polar surface area (TPSA) is 80.0 Å². The predicted molar refractivity (Wildman–Crippen MR) is 84.1 cm³/mol. The Hall–Kier alpha value is -1.74. The van der Waals surface area contributed by atoms with Gasteiger partial charge in [0.15, 0.2) is 5.65 Å². The fourth-order valence-corrected chi connectivity index (χ4v) is 2.63. The van der Waals surface area contributed by atoms with Crippen LogP contribution >= 0.6 is 11.8 Å². The molecule has 2 heterocycles. The third kappa shape index (κ3) is 2.59. The SMILES string of the molecule is CC.CSc1nc2c(C(C)C)c(C)nn2c(N)c1C#N. The second-order valence-electron chi connectivity index (χ2n) is 4.38. The van der Waals surface area contributed by atoms with E-state index in [1.165, 1.54) is 11.8 Å². The summed E-state index contributed by atoms with van der Waals surface area (Å²) in [4.78, 5) is 4.53. The van der Waals surface area contributed by atoms with E-state index in [0.717, 1.165) is 16.9 Å². The smallest absolute Gasteiger partial charge is 0.162 e. The van der Waals surface area contributed by atoms with Crippen LogP contribution in [0.5, 0.6) is 0 Å². The Balaban J connectivity index is 0.000000956. The maximum Gasteiger partial charge on any atom is 0.162 e. The molecule has 2 rings (SSSR count). The van der Waals surface area contributed by atoms with Gasteiger partial charge < -0.3 is 5.73 Å². The zero-order valence-corrected chi connectivity index (χ0v) is 13.7. The minimum absolute atomic E-state index is 0.317. The van der Waals surface area contributed by atoms with E-state index in [0.29, 0.717) is 22.3 Å². The van der Waals surface area contributed by atoms with E-state index in [1.54, 1.807) is 4.52 Å². The highest BCUT2D eigenvalue weighted by molar-refractivity contribution is 7.98. The maximum absolute atomic E-state index is 9.15. The molecule has 2 aromatic rings. The van der Waals surface area contributed by atoms with Crippen LogP contribution in [-0.4, -0.2) is 20.9 Å². The summed E-state index contributed by atoms with van der Waals surface area (Å²) in [7, 11) is 0. The molecule has 0 aliphatic heterocycles. The number of nitrogens with two attached hydrogens (primary N) is 1. The van der Waals surface area contributed by atoms with Gasteiger partial charge in [0.25, 0.3) is 0 Å². The number of nitriles is 1. The number of fused-ring (bicyclic) bond motifs is 1. The molecule has 0 aromatic carbocycles. The van der Waals surface area contributed by atoms with Crippen molar-refractivity contribution in [1.29, 1.82) is 5.26 Å². The third-order valence-electron chi connectivity index (χ3n) is 2.87. The third-order valence-corrected chi connectivity index (χ3v) is 3.55. The number of nitrogens with zero attached hydrogens (tertiary/aromatic N) is 4. The number of anilines is 1. The molecular weight excluding hydrogens is 270 g/mol. The van der Waals surface area contributed by atoms with Gasteiger partial charge in [0.2, 0.25) is 0 Å². The van der Waals surface area contributed by atoms with Gasteiger partial charge in [0.1, 0.15) is 22.5 Å². The van der Waals surface area contributed by atoms with E-state index in [-0.39, 0.29) is 0 Å². The number of hydrogen-bond donors (Lipinski definition) is 1. The zero-order valence-electron chi connectivity index (χ0n) is 12.9. The molecule has 2 N–H and O–H groups in total. The second-order valence-corrected chi connectivity index (χ2v) is 5.18. The standard InChI is InChI=1S/C12H15N5S.C2H6/c1-6(2)9-7(3)16-17-10(14)8(5-13)12(18-4)15-11(9)17;1-2/h6H,14H2,1-4H3;1-2H3. The average molecular weight is 291 g/mol. The van der Waals surface area contributed by atoms with Crippen LogP contribution in [0.15, 0.2) is 5.03 Å². The van der Waals surface area contributed by atoms with Crippen LogP contribution in [0.25, 0.3) is 5.65 Å². The molecule has 0 atom stereocenters. The minimum Gasteiger partial charge on any atom is -0.382 e. The summed E-state index contributed by atoms with van der Waals surface area (Å²) in [6, 6.07) is 2.10. The lowest BCUT2D eigenvalue weighted by Crippen LogP contribution is -2.06. The van der Waals surface area contributed by atoms with Crippen molar-refractivity contribution in [2.75, 3.05) is 12.0 Å². The molecule has 0 radical (unpaired) electrons. The van der Waals surface area contributed by atoms with Crippen LogP contribution < -0.4 is 5.73 Å². The first kappa shape index (κ1) is 16.3. The highest BCUT2D eigenvalue weighted by atomic mass is 32.2. The summed E-state index contributed by atoms with van der Waals surface area (Å²) in [6.45, 7) is 10.1. The first-order valence-electron chi connectivity index (χ1n) is 6.64. The molecule has 2 aromatic heterocycles. The van der Waals surface area contributed by atoms with Gasteiger partial charge in [0, 0.05) is 5.56 Å². The molecule has 0 aliphatic carbocycles. The fraction of sp³-hybridized carbons (Fsp3) is 0.500. The number of hydrogen-bond acceptors (Lipinski definition) is 5. The lowest BCUT2D eigenvalue weighted by molar-refractivity contribution is 0.859. The molecule has 0 fully saturated rings. The molecule has 0 aliphatic rings. The largest absolute Gasteiger partial charge is 0.382 e. The van der Waals surface area contributed by atoms with Gasteiger partial charge in [-0.05, 0) is 19.1 Å². The van der Waals surface area contributed by atoms with Gasteiger partial charge in [-0.3, -0.25) is 0 Å². The first-order chi connectivity index (χ1) is 9.51. The first-order valence-corrected chi connectivity index (χ1v) is 7.86. The Morgan fingerprint density at radius 3 is 2.40 bits per heavy atom. The quantitative estimate of drug-likeness (QED) is 0.678. The number of nitrogen functional groups attached to an aromatic ring is 1. The fourth-order valence-electron chi connectivity index (χ4n) is 2.10. The average Bonchev–Trinajstić information content (AvgIpc) is 2.77. The molecule has 0 saturated heterocycles. The van der Waals surface area contributed by atoms with E-state index in [2.05, 4.69) is 30.0 Å². The van der Waals surface area contributed by atoms with Gasteiger partial charge in [0.05, 0.1) is 5.69 Å². The molecule has 0 unspecified atom stereocenters. The summed E-state index contributed by atoms with van der Waals surface area (Å²) in [6.07, 6.45) is 1.89. The van der Waals surface area contributed by atoms with Crippen molar-refractivity contribution < 1.29 is 0 Å². The molecular formula is C14H21N5S. The zero-order chi connectivity index (χ0) is 15.4. The van der Waals surface area contributed by atoms with E-state index in [1.807, 2.05) is 27.0 Å². The lowest BCUT2D eigenvalue weighted by Gasteiger charge is -2.07. The van der Waals surface area contributed by atoms with Gasteiger partial charge in [-0.2, -0.15) is 14.9 Å². The molecule has 108 valence electrons. The molecule has 20 heavy (non-hydrogen) atoms. The van der Waals surface area contributed by atoms with Crippen molar-refractivity contribution in [2.45, 2.75) is 45.6 Å². The molecule has 0 bridgehead atoms. The monoisotopic (exact) mass is 291 g/mol. The number of aryl methyl sites for hydroxylation is 1. The lowest BCUT2D eigenvalue weighted by atomic mass is 10.0. The molecule has 6 heteroatoms. The van der Waals surface area contributed by atoms with Crippen molar-refractivity contribution in [3.05, 3.63) is 16.8 Å². The second kappa shape index (κ2) is 6.62. The van der Waals surface area contributed by atoms with E-state index in [4.69, 9.17) is 11.0 Å². The number of aromatic nitrogens is 3. The Morgan fingerprint density at radius 1 is 1.35 bits per heavy atom. The highest BCUT2D eigenvalue weighted by Gasteiger charge is 2.19. The van der Waals surface area contributed by atoms with Crippen LogP contribution in [0, 0.1) is 18.3 Å². The van der Waals surface area contributed by atoms with Gasteiger partial charge in [-0.1, -0.05) is 27.7 Å². The maximum atomic E-state index is 9.15. The van der Waals surface area contributed by atoms with Crippen LogP contribution in [0.1, 0.15) is 50.4 Å². The van der Waals surface area contributed by atoms with Crippen molar-refractivity contribution in [3.63, 3.8) is 0 Å². The van der Waals surface area contributed by atoms with Gasteiger partial charge in [-0.25, -0.2) is 4.98 Å². The van der Waals surface area contributed by atoms with E-state index in [9.17, 15) is 0 Å². The molecule has 0 spiro atoms. The van der Waals surface area contributed by atoms with Crippen LogP contribution in [0.4, 0.5) is 5.82 Å². The molecule has 0 amide bonds. The Morgan fingerprint density at radius 2 is 1.95 bits per heavy atom. The van der Waals surface area contributed by atoms with Crippen molar-refractivity contribution >= 4 is 23.2 Å². The summed E-state index contributed by atoms with van der Waals surface area (Å²) in [5, 5.41) is 14.2. The highest BCUT2D eigenvalue weighted by Crippen LogP contribution is 2.29. The predicted octanol–water partition coefficient (Wildman–Crippen LogP) is 3.36. The van der Waals surface area contributed by atoms with Crippen LogP contribution in [0.2, 0.25) is 0 Å². The molecule has 5 nitrogen and oxygen atoms in total. The summed E-state index contributed by atoms with van der Waals surface area (Å²) < 4.78 is 1.57. The van der Waals surface area contributed by atoms with Crippen LogP contribution in [0.3, 0.4) is 0 Å².